The van der Waals surface area contributed by atoms with Gasteiger partial charge in [0.25, 0.3) is 0 Å². The van der Waals surface area contributed by atoms with Gasteiger partial charge in [-0.3, -0.25) is 29.8 Å². The van der Waals surface area contributed by atoms with Crippen LogP contribution in [0.4, 0.5) is 0 Å². The molecule has 0 radical (unpaired) electrons. The highest BCUT2D eigenvalue weighted by molar-refractivity contribution is 6.10. The quantitative estimate of drug-likeness (QED) is 0.527. The van der Waals surface area contributed by atoms with Crippen molar-refractivity contribution < 1.29 is 19.2 Å². The van der Waals surface area contributed by atoms with E-state index >= 15 is 0 Å². The Balaban J connectivity index is 1.84. The first kappa shape index (κ1) is 10.2. The number of nitrogens with one attached hydrogen (secondary N) is 2. The van der Waals surface area contributed by atoms with Crippen LogP contribution < -0.4 is 10.6 Å². The zero-order valence-corrected chi connectivity index (χ0v) is 9.51. The maximum absolute atomic E-state index is 11.8. The van der Waals surface area contributed by atoms with E-state index in [1.807, 2.05) is 0 Å². The summed E-state index contributed by atoms with van der Waals surface area (Å²) in [6, 6.07) is 0. The minimum atomic E-state index is -0.394. The average molecular weight is 248 g/mol. The molecule has 94 valence electrons. The molecule has 0 aromatic carbocycles. The Morgan fingerprint density at radius 2 is 0.889 bits per heavy atom. The van der Waals surface area contributed by atoms with E-state index in [0.29, 0.717) is 0 Å². The van der Waals surface area contributed by atoms with Crippen LogP contribution in [0.5, 0.6) is 0 Å². The molecule has 4 amide bonds. The number of fused-ring (bicyclic) bond motifs is 1. The maximum atomic E-state index is 11.8. The summed E-state index contributed by atoms with van der Waals surface area (Å²) >= 11 is 0. The highest BCUT2D eigenvalue weighted by Crippen LogP contribution is 2.57. The van der Waals surface area contributed by atoms with E-state index in [1.54, 1.807) is 0 Å². The van der Waals surface area contributed by atoms with Crippen LogP contribution in [0, 0.1) is 35.5 Å². The van der Waals surface area contributed by atoms with Crippen molar-refractivity contribution >= 4 is 23.6 Å². The summed E-state index contributed by atoms with van der Waals surface area (Å²) < 4.78 is 0. The van der Waals surface area contributed by atoms with Crippen LogP contribution in [-0.2, 0) is 19.2 Å². The topological polar surface area (TPSA) is 92.3 Å². The molecule has 2 aliphatic heterocycles. The summed E-state index contributed by atoms with van der Waals surface area (Å²) in [7, 11) is 0. The molecule has 5 aliphatic rings. The Hall–Kier alpha value is -1.72. The predicted molar refractivity (Wildman–Crippen MR) is 56.5 cm³/mol. The van der Waals surface area contributed by atoms with Gasteiger partial charge in [0.1, 0.15) is 0 Å². The fraction of sp³-hybridized carbons (Fsp3) is 0.667. The lowest BCUT2D eigenvalue weighted by Crippen LogP contribution is -2.53. The monoisotopic (exact) mass is 248 g/mol. The standard InChI is InChI=1S/C12H12N2O4/c15-9-5-3-1-2-4(7(5)11(17)13-9)8-6(3)10(16)14-12(8)18/h3-8H,1-2H2,(H,13,15,17)(H,14,16,18). The van der Waals surface area contributed by atoms with E-state index in [-0.39, 0.29) is 35.5 Å². The van der Waals surface area contributed by atoms with Crippen molar-refractivity contribution in [1.82, 2.24) is 10.6 Å². The Morgan fingerprint density at radius 3 is 1.17 bits per heavy atom. The number of imide groups is 2. The molecule has 2 saturated heterocycles. The van der Waals surface area contributed by atoms with Crippen LogP contribution in [0.1, 0.15) is 12.8 Å². The number of carbonyl (C=O) groups is 4. The van der Waals surface area contributed by atoms with Gasteiger partial charge in [0, 0.05) is 0 Å². The number of amides is 4. The van der Waals surface area contributed by atoms with Gasteiger partial charge >= 0.3 is 0 Å². The highest BCUT2D eigenvalue weighted by atomic mass is 16.2. The van der Waals surface area contributed by atoms with Crippen LogP contribution in [-0.4, -0.2) is 23.6 Å². The summed E-state index contributed by atoms with van der Waals surface area (Å²) in [5, 5.41) is 4.72. The van der Waals surface area contributed by atoms with Crippen LogP contribution in [0.3, 0.4) is 0 Å². The Labute approximate surface area is 102 Å². The number of hydrogen-bond acceptors (Lipinski definition) is 4. The van der Waals surface area contributed by atoms with E-state index < -0.39 is 23.7 Å². The van der Waals surface area contributed by atoms with Crippen molar-refractivity contribution in [3.63, 3.8) is 0 Å². The molecule has 4 unspecified atom stereocenters. The van der Waals surface area contributed by atoms with Crippen molar-refractivity contribution in [1.29, 1.82) is 0 Å². The normalized spacial score (nSPS) is 48.9. The van der Waals surface area contributed by atoms with Gasteiger partial charge in [0.15, 0.2) is 0 Å². The van der Waals surface area contributed by atoms with Crippen molar-refractivity contribution in [2.75, 3.05) is 0 Å². The Bertz CT molecular complexity index is 428. The molecular formula is C12H12N2O4. The molecule has 4 atom stereocenters. The Morgan fingerprint density at radius 1 is 0.611 bits per heavy atom. The average Bonchev–Trinajstić information content (AvgIpc) is 2.81. The second kappa shape index (κ2) is 2.99. The lowest BCUT2D eigenvalue weighted by molar-refractivity contribution is -0.148. The summed E-state index contributed by atoms with van der Waals surface area (Å²) in [5.41, 5.74) is 0. The third kappa shape index (κ3) is 0.958. The molecule has 5 fully saturated rings. The molecule has 3 aliphatic carbocycles. The molecule has 5 rings (SSSR count). The molecule has 18 heavy (non-hydrogen) atoms. The number of hydrogen-bond donors (Lipinski definition) is 2. The third-order valence-electron chi connectivity index (χ3n) is 5.16. The first-order valence-corrected chi connectivity index (χ1v) is 6.29. The van der Waals surface area contributed by atoms with Gasteiger partial charge in [-0.05, 0) is 24.7 Å². The van der Waals surface area contributed by atoms with Gasteiger partial charge in [-0.15, -0.1) is 0 Å². The first-order valence-electron chi connectivity index (χ1n) is 6.29. The third-order valence-corrected chi connectivity index (χ3v) is 5.16. The zero-order chi connectivity index (χ0) is 12.6. The minimum absolute atomic E-state index is 0.150. The van der Waals surface area contributed by atoms with E-state index in [2.05, 4.69) is 10.6 Å². The van der Waals surface area contributed by atoms with Crippen molar-refractivity contribution in [3.8, 4) is 0 Å². The fourth-order valence-corrected chi connectivity index (χ4v) is 4.62. The number of carbonyl (C=O) groups excluding carboxylic acids is 4. The van der Waals surface area contributed by atoms with Crippen LogP contribution in [0.25, 0.3) is 0 Å². The smallest absolute Gasteiger partial charge is 0.230 e. The molecule has 0 aromatic rings. The van der Waals surface area contributed by atoms with Crippen molar-refractivity contribution in [2.24, 2.45) is 35.5 Å². The predicted octanol–water partition coefficient (Wildman–Crippen LogP) is -1.20. The SMILES string of the molecule is O=C1NC(=O)C2C3CCC(C12)C1C(=O)NC(=O)C31. The highest BCUT2D eigenvalue weighted by Gasteiger charge is 2.66. The minimum Gasteiger partial charge on any atom is -0.296 e. The lowest BCUT2D eigenvalue weighted by Gasteiger charge is -2.48. The molecule has 3 saturated carbocycles. The van der Waals surface area contributed by atoms with Crippen molar-refractivity contribution in [3.05, 3.63) is 0 Å². The Kier molecular flexibility index (Phi) is 1.70. The largest absolute Gasteiger partial charge is 0.296 e. The van der Waals surface area contributed by atoms with Crippen LogP contribution in [0.15, 0.2) is 0 Å². The zero-order valence-electron chi connectivity index (χ0n) is 9.51. The van der Waals surface area contributed by atoms with E-state index in [9.17, 15) is 19.2 Å². The van der Waals surface area contributed by atoms with Gasteiger partial charge in [-0.1, -0.05) is 0 Å². The fourth-order valence-electron chi connectivity index (χ4n) is 4.62. The van der Waals surface area contributed by atoms with Crippen molar-refractivity contribution in [2.45, 2.75) is 12.8 Å². The van der Waals surface area contributed by atoms with Gasteiger partial charge in [-0.2, -0.15) is 0 Å². The molecule has 6 heteroatoms. The second-order valence-electron chi connectivity index (χ2n) is 5.72. The summed E-state index contributed by atoms with van der Waals surface area (Å²) in [6.45, 7) is 0. The van der Waals surface area contributed by atoms with Crippen LogP contribution in [0.2, 0.25) is 0 Å². The molecule has 2 bridgehead atoms. The van der Waals surface area contributed by atoms with Gasteiger partial charge in [0.05, 0.1) is 23.7 Å². The summed E-state index contributed by atoms with van der Waals surface area (Å²) in [5.74, 6) is -2.91. The summed E-state index contributed by atoms with van der Waals surface area (Å²) in [4.78, 5) is 47.3. The molecule has 2 heterocycles. The van der Waals surface area contributed by atoms with Gasteiger partial charge in [0.2, 0.25) is 23.6 Å². The van der Waals surface area contributed by atoms with Crippen LogP contribution >= 0.6 is 0 Å². The van der Waals surface area contributed by atoms with Gasteiger partial charge in [-0.25, -0.2) is 0 Å². The molecule has 2 N–H and O–H groups in total. The lowest BCUT2D eigenvalue weighted by atomic mass is 9.51. The van der Waals surface area contributed by atoms with E-state index in [4.69, 9.17) is 0 Å². The first-order chi connectivity index (χ1) is 8.59. The molecular weight excluding hydrogens is 236 g/mol. The second-order valence-corrected chi connectivity index (χ2v) is 5.72. The van der Waals surface area contributed by atoms with E-state index in [0.717, 1.165) is 12.8 Å². The molecule has 6 nitrogen and oxygen atoms in total. The molecule has 0 spiro atoms. The number of rotatable bonds is 0. The van der Waals surface area contributed by atoms with Gasteiger partial charge < -0.3 is 0 Å². The molecule has 0 aromatic heterocycles. The van der Waals surface area contributed by atoms with E-state index in [1.165, 1.54) is 0 Å². The summed E-state index contributed by atoms with van der Waals surface area (Å²) in [6.07, 6.45) is 1.52. The maximum Gasteiger partial charge on any atom is 0.230 e.